The number of amides is 5. The van der Waals surface area contributed by atoms with Gasteiger partial charge in [0.1, 0.15) is 23.2 Å². The predicted octanol–water partition coefficient (Wildman–Crippen LogP) is 1.67. The van der Waals surface area contributed by atoms with Crippen molar-refractivity contribution in [1.82, 2.24) is 26.2 Å². The number of allylic oxidation sites excluding steroid dienone is 1. The van der Waals surface area contributed by atoms with Crippen molar-refractivity contribution < 1.29 is 33.8 Å². The number of carbonyl (C=O) groups excluding carboxylic acids is 5. The average molecular weight is 612 g/mol. The zero-order valence-corrected chi connectivity index (χ0v) is 25.8. The van der Waals surface area contributed by atoms with Crippen LogP contribution in [0.1, 0.15) is 71.3 Å². The lowest BCUT2D eigenvalue weighted by Crippen LogP contribution is -2.58. The molecule has 2 fully saturated rings. The van der Waals surface area contributed by atoms with Gasteiger partial charge in [-0.25, -0.2) is 4.79 Å². The molecule has 5 atom stereocenters. The molecule has 5 amide bonds. The maximum atomic E-state index is 13.7. The van der Waals surface area contributed by atoms with Crippen LogP contribution in [0.2, 0.25) is 0 Å². The molecule has 2 heterocycles. The van der Waals surface area contributed by atoms with Gasteiger partial charge >= 0.3 is 6.09 Å². The van der Waals surface area contributed by atoms with E-state index in [1.54, 1.807) is 20.8 Å². The van der Waals surface area contributed by atoms with Crippen molar-refractivity contribution in [3.63, 3.8) is 0 Å². The second-order valence-electron chi connectivity index (χ2n) is 12.9. The van der Waals surface area contributed by atoms with Gasteiger partial charge in [-0.3, -0.25) is 19.2 Å². The van der Waals surface area contributed by atoms with Gasteiger partial charge in [0, 0.05) is 25.4 Å². The fourth-order valence-electron chi connectivity index (χ4n) is 5.72. The Kier molecular flexibility index (Phi) is 10.7. The first-order valence-electron chi connectivity index (χ1n) is 15.4. The second-order valence-corrected chi connectivity index (χ2v) is 12.9. The van der Waals surface area contributed by atoms with Gasteiger partial charge in [0.25, 0.3) is 0 Å². The van der Waals surface area contributed by atoms with E-state index >= 15 is 0 Å². The van der Waals surface area contributed by atoms with E-state index in [4.69, 9.17) is 4.74 Å². The van der Waals surface area contributed by atoms with Gasteiger partial charge in [-0.2, -0.15) is 0 Å². The minimum absolute atomic E-state index is 0.00315. The summed E-state index contributed by atoms with van der Waals surface area (Å²) >= 11 is 0. The molecule has 0 spiro atoms. The molecule has 1 aromatic carbocycles. The molecule has 0 aromatic heterocycles. The Hall–Kier alpha value is -3.93. The van der Waals surface area contributed by atoms with E-state index in [0.29, 0.717) is 25.8 Å². The number of aliphatic hydroxyl groups is 1. The number of nitrogens with one attached hydrogen (secondary N) is 4. The molecule has 0 unspecified atom stereocenters. The quantitative estimate of drug-likeness (QED) is 0.305. The minimum atomic E-state index is -1.27. The lowest BCUT2D eigenvalue weighted by molar-refractivity contribution is -0.141. The molecule has 2 aliphatic heterocycles. The normalized spacial score (nSPS) is 28.2. The third kappa shape index (κ3) is 8.81. The standard InChI is InChI=1S/C32H45N5O7/c1-31(2,3)44-30(43)35-24-15-11-6-4-5-10-14-22-17-32(22,36-27(40)25-16-23(38)20-37(25)28(24)41)29(42)34-19-26(39)33-18-21-12-8-7-9-13-21/h7-10,12-14,22-25,38H,4-6,11,15-20H2,1-3H3,(H,33,39)(H,34,42)(H,35,43)(H,36,40)/b14-10-/t22-,23+,24-,25-,32+/m0/s1. The van der Waals surface area contributed by atoms with E-state index in [1.165, 1.54) is 4.90 Å². The van der Waals surface area contributed by atoms with Crippen LogP contribution in [0.3, 0.4) is 0 Å². The van der Waals surface area contributed by atoms with Gasteiger partial charge in [-0.05, 0) is 52.0 Å². The van der Waals surface area contributed by atoms with Crippen LogP contribution in [-0.4, -0.2) is 82.1 Å². The van der Waals surface area contributed by atoms with Crippen molar-refractivity contribution >= 4 is 29.7 Å². The summed E-state index contributed by atoms with van der Waals surface area (Å²) in [4.78, 5) is 67.2. The van der Waals surface area contributed by atoms with Crippen molar-refractivity contribution in [3.05, 3.63) is 48.0 Å². The lowest BCUT2D eigenvalue weighted by Gasteiger charge is -2.30. The fourth-order valence-corrected chi connectivity index (χ4v) is 5.72. The SMILES string of the molecule is CC(C)(C)OC(=O)N[C@H]1CCCCC/C=C\[C@H]2C[C@@]2(C(=O)NCC(=O)NCc2ccccc2)NC(=O)[C@@H]2C[C@@H](O)CN2C1=O. The van der Waals surface area contributed by atoms with E-state index in [-0.39, 0.29) is 31.3 Å². The molecule has 5 N–H and O–H groups in total. The molecule has 4 rings (SSSR count). The summed E-state index contributed by atoms with van der Waals surface area (Å²) in [5, 5.41) is 21.5. The topological polar surface area (TPSA) is 166 Å². The first-order chi connectivity index (χ1) is 20.9. The number of rotatable bonds is 6. The summed E-state index contributed by atoms with van der Waals surface area (Å²) in [5.41, 5.74) is -1.11. The summed E-state index contributed by atoms with van der Waals surface area (Å²) in [6.07, 6.45) is 6.00. The van der Waals surface area contributed by atoms with Gasteiger partial charge in [-0.15, -0.1) is 0 Å². The van der Waals surface area contributed by atoms with Crippen LogP contribution in [0.25, 0.3) is 0 Å². The van der Waals surface area contributed by atoms with E-state index in [9.17, 15) is 29.1 Å². The van der Waals surface area contributed by atoms with E-state index < -0.39 is 53.1 Å². The summed E-state index contributed by atoms with van der Waals surface area (Å²) in [7, 11) is 0. The first kappa shape index (κ1) is 33.0. The number of carbonyl (C=O) groups is 5. The number of hydrogen-bond donors (Lipinski definition) is 5. The molecule has 1 aliphatic carbocycles. The summed E-state index contributed by atoms with van der Waals surface area (Å²) in [6.45, 7) is 5.16. The molecule has 12 nitrogen and oxygen atoms in total. The molecule has 12 heteroatoms. The van der Waals surface area contributed by atoms with Crippen molar-refractivity contribution in [3.8, 4) is 0 Å². The number of alkyl carbamates (subject to hydrolysis) is 1. The zero-order valence-electron chi connectivity index (χ0n) is 25.8. The van der Waals surface area contributed by atoms with E-state index in [0.717, 1.165) is 24.8 Å². The van der Waals surface area contributed by atoms with Gasteiger partial charge in [0.2, 0.25) is 23.6 Å². The fraction of sp³-hybridized carbons (Fsp3) is 0.594. The minimum Gasteiger partial charge on any atom is -0.444 e. The number of hydrogen-bond acceptors (Lipinski definition) is 7. The zero-order chi connectivity index (χ0) is 31.9. The van der Waals surface area contributed by atoms with Crippen LogP contribution in [0.15, 0.2) is 42.5 Å². The van der Waals surface area contributed by atoms with Gasteiger partial charge < -0.3 is 36.0 Å². The van der Waals surface area contributed by atoms with Gasteiger partial charge in [-0.1, -0.05) is 55.3 Å². The molecule has 0 radical (unpaired) electrons. The summed E-state index contributed by atoms with van der Waals surface area (Å²) < 4.78 is 5.37. The third-order valence-corrected chi connectivity index (χ3v) is 8.09. The number of aliphatic hydroxyl groups excluding tert-OH is 1. The average Bonchev–Trinajstić information content (AvgIpc) is 3.51. The molecule has 240 valence electrons. The van der Waals surface area contributed by atoms with Crippen LogP contribution < -0.4 is 21.3 Å². The van der Waals surface area contributed by atoms with Crippen LogP contribution >= 0.6 is 0 Å². The first-order valence-corrected chi connectivity index (χ1v) is 15.4. The van der Waals surface area contributed by atoms with Crippen molar-refractivity contribution in [2.45, 2.75) is 102 Å². The molecule has 3 aliphatic rings. The molecular formula is C32H45N5O7. The number of benzene rings is 1. The molecule has 0 bridgehead atoms. The number of nitrogens with zero attached hydrogens (tertiary/aromatic N) is 1. The van der Waals surface area contributed by atoms with Crippen LogP contribution in [0, 0.1) is 5.92 Å². The summed E-state index contributed by atoms with van der Waals surface area (Å²) in [6, 6.07) is 7.42. The Labute approximate surface area is 258 Å². The molecule has 1 aromatic rings. The Morgan fingerprint density at radius 2 is 1.84 bits per heavy atom. The Morgan fingerprint density at radius 3 is 2.57 bits per heavy atom. The maximum Gasteiger partial charge on any atom is 0.408 e. The number of fused-ring (bicyclic) bond motifs is 2. The van der Waals surface area contributed by atoms with E-state index in [1.807, 2.05) is 42.5 Å². The molecule has 1 saturated carbocycles. The highest BCUT2D eigenvalue weighted by Crippen LogP contribution is 2.45. The highest BCUT2D eigenvalue weighted by molar-refractivity contribution is 5.99. The molecule has 1 saturated heterocycles. The molecular weight excluding hydrogens is 566 g/mol. The van der Waals surface area contributed by atoms with Crippen molar-refractivity contribution in [2.24, 2.45) is 5.92 Å². The van der Waals surface area contributed by atoms with Crippen LogP contribution in [-0.2, 0) is 30.5 Å². The third-order valence-electron chi connectivity index (χ3n) is 8.09. The Morgan fingerprint density at radius 1 is 1.09 bits per heavy atom. The van der Waals surface area contributed by atoms with Crippen LogP contribution in [0.5, 0.6) is 0 Å². The van der Waals surface area contributed by atoms with Gasteiger partial charge in [0.15, 0.2) is 0 Å². The Balaban J connectivity index is 1.46. The largest absolute Gasteiger partial charge is 0.444 e. The highest BCUT2D eigenvalue weighted by Gasteiger charge is 2.60. The highest BCUT2D eigenvalue weighted by atomic mass is 16.6. The van der Waals surface area contributed by atoms with Crippen LogP contribution in [0.4, 0.5) is 4.79 Å². The Bertz CT molecular complexity index is 1250. The maximum absolute atomic E-state index is 13.7. The van der Waals surface area contributed by atoms with E-state index in [2.05, 4.69) is 21.3 Å². The smallest absolute Gasteiger partial charge is 0.408 e. The van der Waals surface area contributed by atoms with Crippen molar-refractivity contribution in [2.75, 3.05) is 13.1 Å². The second kappa shape index (κ2) is 14.2. The monoisotopic (exact) mass is 611 g/mol. The molecule has 44 heavy (non-hydrogen) atoms. The lowest BCUT2D eigenvalue weighted by atomic mass is 10.0. The number of ether oxygens (including phenoxy) is 1. The predicted molar refractivity (Wildman–Crippen MR) is 162 cm³/mol. The van der Waals surface area contributed by atoms with Crippen molar-refractivity contribution in [1.29, 1.82) is 0 Å². The van der Waals surface area contributed by atoms with Gasteiger partial charge in [0.05, 0.1) is 12.6 Å². The summed E-state index contributed by atoms with van der Waals surface area (Å²) in [5.74, 6) is -2.18.